The number of phosphoric acid groups is 1. The third-order valence-corrected chi connectivity index (χ3v) is 11.0. The van der Waals surface area contributed by atoms with E-state index in [0.717, 1.165) is 70.6 Å². The molecule has 0 radical (unpaired) electrons. The van der Waals surface area contributed by atoms with Crippen molar-refractivity contribution < 1.29 is 63.1 Å². The lowest BCUT2D eigenvalue weighted by molar-refractivity contribution is -0.220. The molecule has 0 bridgehead atoms. The van der Waals surface area contributed by atoms with Crippen molar-refractivity contribution >= 4 is 19.8 Å². The molecule has 1 fully saturated rings. The average molecular weight is 821 g/mol. The van der Waals surface area contributed by atoms with Gasteiger partial charge in [-0.1, -0.05) is 141 Å². The molecule has 14 heteroatoms. The third kappa shape index (κ3) is 25.6. The molecule has 1 rings (SSSR count). The zero-order chi connectivity index (χ0) is 41.4. The maximum Gasteiger partial charge on any atom is 0.472 e. The minimum atomic E-state index is -5.11. The summed E-state index contributed by atoms with van der Waals surface area (Å²) in [6, 6.07) is 0. The van der Waals surface area contributed by atoms with E-state index in [9.17, 15) is 44.6 Å². The Hall–Kier alpha value is -1.67. The highest BCUT2D eigenvalue weighted by molar-refractivity contribution is 7.47. The van der Waals surface area contributed by atoms with Gasteiger partial charge in [0.15, 0.2) is 6.10 Å². The molecule has 8 atom stereocenters. The van der Waals surface area contributed by atoms with Gasteiger partial charge >= 0.3 is 19.8 Å². The first-order valence-electron chi connectivity index (χ1n) is 21.6. The van der Waals surface area contributed by atoms with Crippen molar-refractivity contribution in [3.63, 3.8) is 0 Å². The molecule has 56 heavy (non-hydrogen) atoms. The predicted octanol–water partition coefficient (Wildman–Crippen LogP) is 7.67. The summed E-state index contributed by atoms with van der Waals surface area (Å²) in [5, 5.41) is 50.0. The van der Waals surface area contributed by atoms with Gasteiger partial charge in [0.2, 0.25) is 0 Å². The van der Waals surface area contributed by atoms with Crippen molar-refractivity contribution in [2.45, 2.75) is 217 Å². The molecule has 6 unspecified atom stereocenters. The number of carbonyl (C=O) groups excluding carboxylic acids is 2. The van der Waals surface area contributed by atoms with Crippen LogP contribution in [0.3, 0.4) is 0 Å². The molecule has 6 N–H and O–H groups in total. The number of hydrogen-bond donors (Lipinski definition) is 6. The monoisotopic (exact) mass is 821 g/mol. The molecule has 1 aliphatic rings. The SMILES string of the molecule is CCCCC/C=C/C/C=C/CCCCCCCC(=O)OC[C@@H](COP(=O)(O)OC1C(O)C(O)C(O)[C@H](O)C1O)OC(=O)CCCCCCCCCCCCCC. The summed E-state index contributed by atoms with van der Waals surface area (Å²) in [5.74, 6) is -1.11. The van der Waals surface area contributed by atoms with Crippen LogP contribution in [0, 0.1) is 0 Å². The number of aliphatic hydroxyl groups is 5. The molecular weight excluding hydrogens is 743 g/mol. The second-order valence-corrected chi connectivity index (χ2v) is 16.6. The number of carbonyl (C=O) groups is 2. The number of phosphoric ester groups is 1. The number of esters is 2. The quantitative estimate of drug-likeness (QED) is 0.0157. The van der Waals surface area contributed by atoms with Crippen LogP contribution in [0.2, 0.25) is 0 Å². The zero-order valence-corrected chi connectivity index (χ0v) is 35.3. The molecule has 1 saturated carbocycles. The summed E-state index contributed by atoms with van der Waals surface area (Å²) in [4.78, 5) is 35.6. The molecule has 0 spiro atoms. The normalized spacial score (nSPS) is 23.1. The van der Waals surface area contributed by atoms with Crippen LogP contribution < -0.4 is 0 Å². The van der Waals surface area contributed by atoms with Crippen LogP contribution >= 0.6 is 7.82 Å². The van der Waals surface area contributed by atoms with Gasteiger partial charge in [0, 0.05) is 12.8 Å². The Balaban J connectivity index is 2.50. The van der Waals surface area contributed by atoms with Gasteiger partial charge in [-0.05, 0) is 44.9 Å². The Kier molecular flexibility index (Phi) is 31.0. The summed E-state index contributed by atoms with van der Waals surface area (Å²) >= 11 is 0. The summed E-state index contributed by atoms with van der Waals surface area (Å²) in [6.45, 7) is 3.24. The Labute approximate surface area is 336 Å². The minimum absolute atomic E-state index is 0.0969. The van der Waals surface area contributed by atoms with Crippen LogP contribution in [-0.2, 0) is 32.7 Å². The van der Waals surface area contributed by atoms with Crippen molar-refractivity contribution in [3.05, 3.63) is 24.3 Å². The van der Waals surface area contributed by atoms with Crippen LogP contribution in [0.1, 0.15) is 174 Å². The second kappa shape index (κ2) is 33.2. The molecule has 1 aliphatic carbocycles. The van der Waals surface area contributed by atoms with Crippen molar-refractivity contribution in [2.24, 2.45) is 0 Å². The van der Waals surface area contributed by atoms with E-state index < -0.39 is 75.7 Å². The highest BCUT2D eigenvalue weighted by Gasteiger charge is 2.51. The topological polar surface area (TPSA) is 210 Å². The van der Waals surface area contributed by atoms with Gasteiger partial charge in [0.05, 0.1) is 6.61 Å². The molecule has 0 saturated heterocycles. The van der Waals surface area contributed by atoms with Gasteiger partial charge in [-0.25, -0.2) is 4.57 Å². The van der Waals surface area contributed by atoms with E-state index in [1.807, 2.05) is 0 Å². The lowest BCUT2D eigenvalue weighted by Gasteiger charge is -2.41. The fourth-order valence-corrected chi connectivity index (χ4v) is 7.47. The summed E-state index contributed by atoms with van der Waals surface area (Å²) in [7, 11) is -5.11. The molecule has 13 nitrogen and oxygen atoms in total. The van der Waals surface area contributed by atoms with Gasteiger partial charge in [-0.2, -0.15) is 0 Å². The molecule has 0 aromatic heterocycles. The lowest BCUT2D eigenvalue weighted by atomic mass is 9.85. The van der Waals surface area contributed by atoms with Gasteiger partial charge in [-0.15, -0.1) is 0 Å². The number of unbranched alkanes of at least 4 members (excludes halogenated alkanes) is 19. The summed E-state index contributed by atoms with van der Waals surface area (Å²) in [6.07, 6.45) is 21.0. The highest BCUT2D eigenvalue weighted by Crippen LogP contribution is 2.47. The molecular formula is C42H77O13P. The standard InChI is InChI=1S/C42H77O13P/c1-3-5-7-9-11-13-15-17-18-19-21-22-24-26-28-30-35(43)52-32-34(54-36(44)31-29-27-25-23-20-16-14-12-10-8-6-4-2)33-53-56(50,51)55-42-40(48)38(46)37(45)39(47)41(42)49/h11,13,17-18,34,37-42,45-49H,3-10,12,14-16,19-33H2,1-2H3,(H,50,51)/b13-11+,18-17+/t34-,37?,38-,39?,40?,41?,42?/m0/s1. The van der Waals surface area contributed by atoms with Crippen LogP contribution in [0.5, 0.6) is 0 Å². The lowest BCUT2D eigenvalue weighted by Crippen LogP contribution is -2.64. The van der Waals surface area contributed by atoms with E-state index in [-0.39, 0.29) is 12.8 Å². The Morgan fingerprint density at radius 2 is 0.964 bits per heavy atom. The molecule has 0 heterocycles. The first kappa shape index (κ1) is 52.3. The average Bonchev–Trinajstić information content (AvgIpc) is 3.18. The molecule has 328 valence electrons. The van der Waals surface area contributed by atoms with E-state index in [0.29, 0.717) is 12.8 Å². The molecule has 0 aromatic carbocycles. The van der Waals surface area contributed by atoms with Crippen LogP contribution in [0.4, 0.5) is 0 Å². The fraction of sp³-hybridized carbons (Fsp3) is 0.857. The zero-order valence-electron chi connectivity index (χ0n) is 34.4. The maximum absolute atomic E-state index is 12.8. The third-order valence-electron chi connectivity index (χ3n) is 10.0. The first-order chi connectivity index (χ1) is 26.9. The number of rotatable bonds is 35. The highest BCUT2D eigenvalue weighted by atomic mass is 31.2. The van der Waals surface area contributed by atoms with Crippen molar-refractivity contribution in [3.8, 4) is 0 Å². The van der Waals surface area contributed by atoms with Crippen LogP contribution in [0.25, 0.3) is 0 Å². The molecule has 0 amide bonds. The smallest absolute Gasteiger partial charge is 0.462 e. The first-order valence-corrected chi connectivity index (χ1v) is 23.1. The van der Waals surface area contributed by atoms with Crippen LogP contribution in [-0.4, -0.2) is 98.3 Å². The van der Waals surface area contributed by atoms with Crippen molar-refractivity contribution in [2.75, 3.05) is 13.2 Å². The van der Waals surface area contributed by atoms with Gasteiger partial charge < -0.3 is 39.9 Å². The maximum atomic E-state index is 12.8. The minimum Gasteiger partial charge on any atom is -0.462 e. The van der Waals surface area contributed by atoms with Crippen molar-refractivity contribution in [1.29, 1.82) is 0 Å². The number of allylic oxidation sites excluding steroid dienone is 4. The Morgan fingerprint density at radius 1 is 0.554 bits per heavy atom. The summed E-state index contributed by atoms with van der Waals surface area (Å²) in [5.41, 5.74) is 0. The van der Waals surface area contributed by atoms with E-state index >= 15 is 0 Å². The molecule has 0 aromatic rings. The largest absolute Gasteiger partial charge is 0.472 e. The van der Waals surface area contributed by atoms with E-state index in [1.54, 1.807) is 0 Å². The van der Waals surface area contributed by atoms with Crippen molar-refractivity contribution in [1.82, 2.24) is 0 Å². The number of ether oxygens (including phenoxy) is 2. The van der Waals surface area contributed by atoms with Gasteiger partial charge in [0.25, 0.3) is 0 Å². The van der Waals surface area contributed by atoms with E-state index in [1.165, 1.54) is 64.2 Å². The summed E-state index contributed by atoms with van der Waals surface area (Å²) < 4.78 is 33.4. The molecule has 0 aliphatic heterocycles. The van der Waals surface area contributed by atoms with E-state index in [4.69, 9.17) is 18.5 Å². The van der Waals surface area contributed by atoms with Gasteiger partial charge in [-0.3, -0.25) is 18.6 Å². The number of hydrogen-bond acceptors (Lipinski definition) is 12. The van der Waals surface area contributed by atoms with Crippen LogP contribution in [0.15, 0.2) is 24.3 Å². The Bertz CT molecular complexity index is 1090. The number of aliphatic hydroxyl groups excluding tert-OH is 5. The predicted molar refractivity (Wildman–Crippen MR) is 217 cm³/mol. The Morgan fingerprint density at radius 3 is 1.48 bits per heavy atom. The van der Waals surface area contributed by atoms with E-state index in [2.05, 4.69) is 38.2 Å². The van der Waals surface area contributed by atoms with Gasteiger partial charge in [0.1, 0.15) is 43.2 Å². The second-order valence-electron chi connectivity index (χ2n) is 15.2. The fourth-order valence-electron chi connectivity index (χ4n) is 6.49.